The number of halogens is 3. The Hall–Kier alpha value is -3.78. The van der Waals surface area contributed by atoms with Gasteiger partial charge in [-0.25, -0.2) is 22.9 Å². The Kier molecular flexibility index (Phi) is 8.94. The van der Waals surface area contributed by atoms with Crippen molar-refractivity contribution in [2.24, 2.45) is 16.8 Å². The number of rotatable bonds is 8. The number of carboxylic acids is 1. The molecule has 2 aromatic rings. The Morgan fingerprint density at radius 1 is 1.15 bits per heavy atom. The summed E-state index contributed by atoms with van der Waals surface area (Å²) in [6.45, 7) is 2.75. The van der Waals surface area contributed by atoms with Gasteiger partial charge in [0.25, 0.3) is 5.92 Å². The number of aromatic nitrogens is 1. The minimum absolute atomic E-state index is 0.0610. The third-order valence-electron chi connectivity index (χ3n) is 9.61. The molecule has 4 heterocycles. The number of likely N-dealkylation sites (tertiary alicyclic amines) is 2. The van der Waals surface area contributed by atoms with Gasteiger partial charge in [-0.1, -0.05) is 12.1 Å². The summed E-state index contributed by atoms with van der Waals surface area (Å²) in [5.41, 5.74) is 1.15. The summed E-state index contributed by atoms with van der Waals surface area (Å²) in [7, 11) is 0. The zero-order valence-electron chi connectivity index (χ0n) is 25.5. The third kappa shape index (κ3) is 5.92. The molecule has 0 radical (unpaired) electrons. The Labute approximate surface area is 268 Å². The van der Waals surface area contributed by atoms with Crippen molar-refractivity contribution in [2.75, 3.05) is 26.2 Å². The molecule has 0 spiro atoms. The standard InChI is InChI=1S/C32H36F3N5O5S/c1-3-45-31(44)24-22(37-27(28-36-12-14-46-28)38-25(24)20-5-4-6-21(33)17(20)2)15-39-16-32(34,35)26-23(39)11-13-40(26)29(41)18-7-9-19(10-8-18)30(42)43/h4-6,12,14,18-19,23,25-26H,3,7-11,13,15-16H2,1-2H3,(H,37,38)(H,42,43)/t18-,19-,23-,25-,26+/m0/s1. The van der Waals surface area contributed by atoms with E-state index in [1.54, 1.807) is 36.4 Å². The Balaban J connectivity index is 1.32. The summed E-state index contributed by atoms with van der Waals surface area (Å²) in [5, 5.41) is 14.8. The summed E-state index contributed by atoms with van der Waals surface area (Å²) in [5.74, 6) is -6.29. The first-order valence-corrected chi connectivity index (χ1v) is 16.4. The van der Waals surface area contributed by atoms with E-state index in [0.29, 0.717) is 59.8 Å². The maximum Gasteiger partial charge on any atom is 0.338 e. The number of hydrogen-bond donors (Lipinski definition) is 2. The lowest BCUT2D eigenvalue weighted by atomic mass is 9.81. The molecule has 1 aromatic carbocycles. The minimum Gasteiger partial charge on any atom is -0.481 e. The lowest BCUT2D eigenvalue weighted by Crippen LogP contribution is -2.50. The van der Waals surface area contributed by atoms with Crippen LogP contribution in [0.3, 0.4) is 0 Å². The van der Waals surface area contributed by atoms with Gasteiger partial charge in [0.2, 0.25) is 5.91 Å². The van der Waals surface area contributed by atoms with Gasteiger partial charge < -0.3 is 20.1 Å². The van der Waals surface area contributed by atoms with Crippen LogP contribution in [0.15, 0.2) is 46.0 Å². The Morgan fingerprint density at radius 2 is 1.89 bits per heavy atom. The first-order valence-electron chi connectivity index (χ1n) is 15.5. The van der Waals surface area contributed by atoms with Crippen LogP contribution < -0.4 is 5.32 Å². The molecular weight excluding hydrogens is 623 g/mol. The Morgan fingerprint density at radius 3 is 2.57 bits per heavy atom. The number of nitrogens with zero attached hydrogens (tertiary/aromatic N) is 4. The highest BCUT2D eigenvalue weighted by Gasteiger charge is 2.61. The number of thiazole rings is 1. The quantitative estimate of drug-likeness (QED) is 0.402. The van der Waals surface area contributed by atoms with Gasteiger partial charge in [-0.3, -0.25) is 19.5 Å². The van der Waals surface area contributed by atoms with Crippen LogP contribution in [0.5, 0.6) is 0 Å². The van der Waals surface area contributed by atoms with Gasteiger partial charge >= 0.3 is 11.9 Å². The van der Waals surface area contributed by atoms with E-state index < -0.39 is 60.2 Å². The molecule has 3 fully saturated rings. The van der Waals surface area contributed by atoms with E-state index in [1.165, 1.54) is 28.4 Å². The highest BCUT2D eigenvalue weighted by atomic mass is 32.1. The van der Waals surface area contributed by atoms with Crippen LogP contribution in [-0.2, 0) is 19.1 Å². The second-order valence-electron chi connectivity index (χ2n) is 12.3. The average Bonchev–Trinajstić information content (AvgIpc) is 3.77. The number of carboxylic acid groups (broad SMARTS) is 1. The van der Waals surface area contributed by atoms with Crippen LogP contribution in [0.4, 0.5) is 13.2 Å². The van der Waals surface area contributed by atoms with Crippen molar-refractivity contribution in [3.05, 3.63) is 63.0 Å². The zero-order valence-corrected chi connectivity index (χ0v) is 26.4. The highest BCUT2D eigenvalue weighted by Crippen LogP contribution is 2.44. The highest BCUT2D eigenvalue weighted by molar-refractivity contribution is 7.11. The summed E-state index contributed by atoms with van der Waals surface area (Å²) in [4.78, 5) is 50.5. The maximum atomic E-state index is 15.8. The van der Waals surface area contributed by atoms with Crippen LogP contribution in [-0.4, -0.2) is 87.8 Å². The van der Waals surface area contributed by atoms with Crippen LogP contribution in [0, 0.1) is 24.6 Å². The fourth-order valence-corrected chi connectivity index (χ4v) is 7.95. The molecule has 1 saturated carbocycles. The fourth-order valence-electron chi connectivity index (χ4n) is 7.36. The molecule has 10 nitrogen and oxygen atoms in total. The van der Waals surface area contributed by atoms with E-state index in [0.717, 1.165) is 0 Å². The number of carbonyl (C=O) groups excluding carboxylic acids is 2. The number of fused-ring (bicyclic) bond motifs is 1. The molecule has 1 aromatic heterocycles. The first-order chi connectivity index (χ1) is 22.0. The largest absolute Gasteiger partial charge is 0.481 e. The number of esters is 1. The monoisotopic (exact) mass is 659 g/mol. The normalized spacial score (nSPS) is 27.6. The number of benzene rings is 1. The van der Waals surface area contributed by atoms with Crippen molar-refractivity contribution in [3.63, 3.8) is 0 Å². The van der Waals surface area contributed by atoms with Crippen molar-refractivity contribution in [1.29, 1.82) is 0 Å². The minimum atomic E-state index is -3.22. The van der Waals surface area contributed by atoms with Gasteiger partial charge in [0.05, 0.1) is 24.6 Å². The molecule has 2 saturated heterocycles. The van der Waals surface area contributed by atoms with Gasteiger partial charge in [0.1, 0.15) is 17.9 Å². The second kappa shape index (κ2) is 12.8. The van der Waals surface area contributed by atoms with E-state index in [-0.39, 0.29) is 31.2 Å². The lowest BCUT2D eigenvalue weighted by molar-refractivity contribution is -0.148. The van der Waals surface area contributed by atoms with Crippen molar-refractivity contribution in [3.8, 4) is 0 Å². The number of carbonyl (C=O) groups is 3. The summed E-state index contributed by atoms with van der Waals surface area (Å²) in [6, 6.07) is 1.52. The predicted molar refractivity (Wildman–Crippen MR) is 163 cm³/mol. The summed E-state index contributed by atoms with van der Waals surface area (Å²) < 4.78 is 51.9. The number of aliphatic carboxylic acids is 1. The van der Waals surface area contributed by atoms with E-state index >= 15 is 8.78 Å². The van der Waals surface area contributed by atoms with Crippen LogP contribution in [0.25, 0.3) is 0 Å². The maximum absolute atomic E-state index is 15.8. The Bertz CT molecular complexity index is 1570. The van der Waals surface area contributed by atoms with Crippen molar-refractivity contribution >= 4 is 35.0 Å². The molecule has 14 heteroatoms. The number of alkyl halides is 2. The third-order valence-corrected chi connectivity index (χ3v) is 10.4. The molecule has 1 aliphatic carbocycles. The average molecular weight is 660 g/mol. The molecule has 6 rings (SSSR count). The molecule has 1 amide bonds. The van der Waals surface area contributed by atoms with Gasteiger partial charge in [-0.05, 0) is 63.1 Å². The number of amidine groups is 1. The molecule has 246 valence electrons. The molecular formula is C32H36F3N5O5S. The topological polar surface area (TPSA) is 124 Å². The molecule has 4 aliphatic rings. The molecule has 0 bridgehead atoms. The number of amides is 1. The second-order valence-corrected chi connectivity index (χ2v) is 13.2. The van der Waals surface area contributed by atoms with Crippen LogP contribution in [0.1, 0.15) is 61.2 Å². The van der Waals surface area contributed by atoms with E-state index in [9.17, 15) is 23.9 Å². The zero-order chi connectivity index (χ0) is 32.7. The van der Waals surface area contributed by atoms with Gasteiger partial charge in [0, 0.05) is 42.3 Å². The molecule has 3 atom stereocenters. The van der Waals surface area contributed by atoms with Gasteiger partial charge in [0.15, 0.2) is 10.8 Å². The summed E-state index contributed by atoms with van der Waals surface area (Å²) in [6.07, 6.45) is 3.33. The van der Waals surface area contributed by atoms with Crippen molar-refractivity contribution in [1.82, 2.24) is 20.1 Å². The van der Waals surface area contributed by atoms with E-state index in [2.05, 4.69) is 10.3 Å². The fraction of sp³-hybridized carbons (Fsp3) is 0.531. The van der Waals surface area contributed by atoms with Crippen LogP contribution in [0.2, 0.25) is 0 Å². The SMILES string of the molecule is CCOC(=O)C1=C(CN2CC(F)(F)[C@H]3[C@@H]2CCN3C(=O)[C@H]2CC[C@H](C(=O)O)CC2)NC(c2nccs2)=N[C@H]1c1cccc(F)c1C. The van der Waals surface area contributed by atoms with Crippen molar-refractivity contribution < 1.29 is 37.4 Å². The smallest absolute Gasteiger partial charge is 0.338 e. The number of ether oxygens (including phenoxy) is 1. The van der Waals surface area contributed by atoms with E-state index in [1.807, 2.05) is 0 Å². The first kappa shape index (κ1) is 32.2. The molecule has 0 unspecified atom stereocenters. The molecule has 3 aliphatic heterocycles. The number of nitrogens with one attached hydrogen (secondary N) is 1. The van der Waals surface area contributed by atoms with Gasteiger partial charge in [-0.2, -0.15) is 0 Å². The lowest BCUT2D eigenvalue weighted by Gasteiger charge is -2.33. The van der Waals surface area contributed by atoms with E-state index in [4.69, 9.17) is 9.73 Å². The van der Waals surface area contributed by atoms with Gasteiger partial charge in [-0.15, -0.1) is 11.3 Å². The summed E-state index contributed by atoms with van der Waals surface area (Å²) >= 11 is 1.30. The molecule has 2 N–H and O–H groups in total. The van der Waals surface area contributed by atoms with Crippen LogP contribution >= 0.6 is 11.3 Å². The number of aliphatic imine (C=N–C) groups is 1. The predicted octanol–water partition coefficient (Wildman–Crippen LogP) is 4.31. The number of hydrogen-bond acceptors (Lipinski definition) is 9. The van der Waals surface area contributed by atoms with Crippen molar-refractivity contribution in [2.45, 2.75) is 70.0 Å². The molecule has 46 heavy (non-hydrogen) atoms.